The van der Waals surface area contributed by atoms with Crippen molar-refractivity contribution in [2.45, 2.75) is 113 Å². The molecule has 1 atom stereocenters. The number of benzene rings is 1. The number of aromatic hydroxyl groups is 1. The smallest absolute Gasteiger partial charge is 0.295 e. The molecule has 180 valence electrons. The summed E-state index contributed by atoms with van der Waals surface area (Å²) in [6.07, 6.45) is 2.25. The molecule has 0 aliphatic carbocycles. The summed E-state index contributed by atoms with van der Waals surface area (Å²) in [5.41, 5.74) is 1.82. The molecule has 1 aromatic rings. The number of hydrogen-bond donors (Lipinski definition) is 2. The van der Waals surface area contributed by atoms with Crippen LogP contribution in [0.15, 0.2) is 4.90 Å². The number of hydrogen-bond acceptors (Lipinski definition) is 3. The molecule has 0 fully saturated rings. The minimum absolute atomic E-state index is 0.0304. The summed E-state index contributed by atoms with van der Waals surface area (Å²) < 4.78 is 35.0. The molecule has 0 aromatic heterocycles. The molecule has 0 radical (unpaired) electrons. The van der Waals surface area contributed by atoms with Crippen LogP contribution in [-0.4, -0.2) is 18.1 Å². The van der Waals surface area contributed by atoms with Gasteiger partial charge in [0.1, 0.15) is 10.6 Å². The molecule has 0 saturated heterocycles. The third kappa shape index (κ3) is 6.25. The Morgan fingerprint density at radius 1 is 0.903 bits per heavy atom. The molecule has 0 aliphatic heterocycles. The standard InChI is InChI=1S/C26H46O4S/c1-13-19-20(21(27)17(4)18(5)22(19)31(28,29)30)23(25(9,10)14-16(2)3)26(11,12)15-24(6,7)8/h16,23,27H,13-15H2,1-12H3,(H,28,29,30). The molecular formula is C26H46O4S. The van der Waals surface area contributed by atoms with Crippen LogP contribution in [0.1, 0.15) is 110 Å². The first-order valence-corrected chi connectivity index (χ1v) is 12.9. The Bertz CT molecular complexity index is 901. The fraction of sp³-hybridized carbons (Fsp3) is 0.769. The van der Waals surface area contributed by atoms with Crippen LogP contribution < -0.4 is 0 Å². The number of rotatable bonds is 8. The molecule has 0 bridgehead atoms. The molecule has 0 saturated carbocycles. The van der Waals surface area contributed by atoms with Gasteiger partial charge < -0.3 is 5.11 Å². The van der Waals surface area contributed by atoms with Crippen LogP contribution in [0.25, 0.3) is 0 Å². The summed E-state index contributed by atoms with van der Waals surface area (Å²) in [7, 11) is -4.43. The van der Waals surface area contributed by atoms with Crippen molar-refractivity contribution >= 4 is 10.1 Å². The number of phenolic OH excluding ortho intramolecular Hbond substituents is 1. The lowest BCUT2D eigenvalue weighted by Gasteiger charge is -2.49. The van der Waals surface area contributed by atoms with Crippen LogP contribution >= 0.6 is 0 Å². The van der Waals surface area contributed by atoms with E-state index in [4.69, 9.17) is 0 Å². The zero-order valence-electron chi connectivity index (χ0n) is 21.9. The Labute approximate surface area is 191 Å². The number of phenols is 1. The predicted octanol–water partition coefficient (Wildman–Crippen LogP) is 7.44. The fourth-order valence-electron chi connectivity index (χ4n) is 6.53. The highest BCUT2D eigenvalue weighted by Crippen LogP contribution is 2.58. The molecule has 0 amide bonds. The predicted molar refractivity (Wildman–Crippen MR) is 131 cm³/mol. The van der Waals surface area contributed by atoms with E-state index in [-0.39, 0.29) is 32.8 Å². The topological polar surface area (TPSA) is 74.6 Å². The van der Waals surface area contributed by atoms with E-state index in [9.17, 15) is 18.1 Å². The van der Waals surface area contributed by atoms with Crippen LogP contribution in [0.3, 0.4) is 0 Å². The highest BCUT2D eigenvalue weighted by atomic mass is 32.2. The molecule has 31 heavy (non-hydrogen) atoms. The summed E-state index contributed by atoms with van der Waals surface area (Å²) in [6, 6.07) is 0. The molecule has 1 unspecified atom stereocenters. The van der Waals surface area contributed by atoms with Crippen molar-refractivity contribution in [2.24, 2.45) is 22.2 Å². The van der Waals surface area contributed by atoms with Gasteiger partial charge in [-0.05, 0) is 77.9 Å². The Hall–Kier alpha value is -1.07. The van der Waals surface area contributed by atoms with Crippen molar-refractivity contribution in [3.05, 3.63) is 22.3 Å². The summed E-state index contributed by atoms with van der Waals surface area (Å²) >= 11 is 0. The van der Waals surface area contributed by atoms with Gasteiger partial charge in [0.2, 0.25) is 0 Å². The minimum atomic E-state index is -4.43. The Morgan fingerprint density at radius 3 is 1.74 bits per heavy atom. The van der Waals surface area contributed by atoms with E-state index in [1.807, 2.05) is 6.92 Å². The maximum absolute atomic E-state index is 12.5. The molecule has 1 aromatic carbocycles. The van der Waals surface area contributed by atoms with Crippen LogP contribution in [0.4, 0.5) is 0 Å². The second-order valence-electron chi connectivity index (χ2n) is 12.4. The van der Waals surface area contributed by atoms with E-state index in [2.05, 4.69) is 62.3 Å². The maximum atomic E-state index is 12.5. The average molecular weight is 455 g/mol. The van der Waals surface area contributed by atoms with Crippen LogP contribution in [-0.2, 0) is 16.5 Å². The SMILES string of the molecule is CCc1c(C(C(C)(C)CC(C)C)C(C)(C)CC(C)(C)C)c(O)c(C)c(C)c1S(=O)(=O)O. The van der Waals surface area contributed by atoms with E-state index in [0.29, 0.717) is 34.6 Å². The molecular weight excluding hydrogens is 408 g/mol. The van der Waals surface area contributed by atoms with Gasteiger partial charge in [-0.3, -0.25) is 4.55 Å². The van der Waals surface area contributed by atoms with Gasteiger partial charge in [0.25, 0.3) is 10.1 Å². The monoisotopic (exact) mass is 454 g/mol. The lowest BCUT2D eigenvalue weighted by atomic mass is 9.55. The van der Waals surface area contributed by atoms with Gasteiger partial charge in [-0.25, -0.2) is 0 Å². The molecule has 0 spiro atoms. The average Bonchev–Trinajstić information content (AvgIpc) is 2.49. The first-order valence-electron chi connectivity index (χ1n) is 11.5. The van der Waals surface area contributed by atoms with Crippen LogP contribution in [0.2, 0.25) is 0 Å². The zero-order valence-corrected chi connectivity index (χ0v) is 22.7. The van der Waals surface area contributed by atoms with Crippen molar-refractivity contribution in [3.63, 3.8) is 0 Å². The summed E-state index contributed by atoms with van der Waals surface area (Å²) in [4.78, 5) is -0.0304. The highest BCUT2D eigenvalue weighted by Gasteiger charge is 2.46. The lowest BCUT2D eigenvalue weighted by molar-refractivity contribution is 0.0765. The lowest BCUT2D eigenvalue weighted by Crippen LogP contribution is -2.38. The van der Waals surface area contributed by atoms with Crippen molar-refractivity contribution in [2.75, 3.05) is 0 Å². The second-order valence-corrected chi connectivity index (χ2v) is 13.8. The third-order valence-electron chi connectivity index (χ3n) is 6.50. The van der Waals surface area contributed by atoms with E-state index in [1.54, 1.807) is 13.8 Å². The summed E-state index contributed by atoms with van der Waals surface area (Å²) in [5.74, 6) is 0.518. The normalized spacial score (nSPS) is 14.9. The first kappa shape index (κ1) is 28.0. The second kappa shape index (κ2) is 9.05. The fourth-order valence-corrected chi connectivity index (χ4v) is 7.64. The molecule has 4 nitrogen and oxygen atoms in total. The van der Waals surface area contributed by atoms with Crippen LogP contribution in [0, 0.1) is 36.0 Å². The van der Waals surface area contributed by atoms with Crippen molar-refractivity contribution in [1.82, 2.24) is 0 Å². The quantitative estimate of drug-likeness (QED) is 0.400. The first-order chi connectivity index (χ1) is 13.7. The zero-order chi connectivity index (χ0) is 24.7. The van der Waals surface area contributed by atoms with Gasteiger partial charge >= 0.3 is 0 Å². The largest absolute Gasteiger partial charge is 0.507 e. The summed E-state index contributed by atoms with van der Waals surface area (Å²) in [5, 5.41) is 11.4. The van der Waals surface area contributed by atoms with Crippen LogP contribution in [0.5, 0.6) is 5.75 Å². The van der Waals surface area contributed by atoms with Gasteiger partial charge in [0.05, 0.1) is 0 Å². The van der Waals surface area contributed by atoms with E-state index >= 15 is 0 Å². The Morgan fingerprint density at radius 2 is 1.39 bits per heavy atom. The highest BCUT2D eigenvalue weighted by molar-refractivity contribution is 7.86. The van der Waals surface area contributed by atoms with Gasteiger partial charge in [-0.15, -0.1) is 0 Å². The van der Waals surface area contributed by atoms with Crippen molar-refractivity contribution in [3.8, 4) is 5.75 Å². The van der Waals surface area contributed by atoms with Crippen molar-refractivity contribution < 1.29 is 18.1 Å². The maximum Gasteiger partial charge on any atom is 0.295 e. The van der Waals surface area contributed by atoms with Gasteiger partial charge in [-0.2, -0.15) is 8.42 Å². The Kier molecular flexibility index (Phi) is 8.17. The molecule has 5 heteroatoms. The van der Waals surface area contributed by atoms with E-state index in [0.717, 1.165) is 12.8 Å². The molecule has 2 N–H and O–H groups in total. The van der Waals surface area contributed by atoms with Crippen molar-refractivity contribution in [1.29, 1.82) is 0 Å². The van der Waals surface area contributed by atoms with Gasteiger partial charge in [-0.1, -0.05) is 69.2 Å². The molecule has 1 rings (SSSR count). The minimum Gasteiger partial charge on any atom is -0.507 e. The Balaban J connectivity index is 4.17. The molecule has 0 heterocycles. The molecule has 0 aliphatic rings. The summed E-state index contributed by atoms with van der Waals surface area (Å²) in [6.45, 7) is 25.2. The van der Waals surface area contributed by atoms with E-state index < -0.39 is 10.1 Å². The van der Waals surface area contributed by atoms with Gasteiger partial charge in [0, 0.05) is 5.56 Å². The third-order valence-corrected chi connectivity index (χ3v) is 7.56. The van der Waals surface area contributed by atoms with E-state index in [1.165, 1.54) is 0 Å². The van der Waals surface area contributed by atoms with Gasteiger partial charge in [0.15, 0.2) is 0 Å².